The van der Waals surface area contributed by atoms with Crippen molar-refractivity contribution in [2.45, 2.75) is 32.3 Å². The van der Waals surface area contributed by atoms with Gasteiger partial charge >= 0.3 is 0 Å². The minimum absolute atomic E-state index is 0.196. The molecule has 0 saturated heterocycles. The van der Waals surface area contributed by atoms with Crippen molar-refractivity contribution in [1.29, 1.82) is 0 Å². The summed E-state index contributed by atoms with van der Waals surface area (Å²) in [7, 11) is 3.14. The molecule has 0 bridgehead atoms. The lowest BCUT2D eigenvalue weighted by Crippen LogP contribution is -2.16. The number of rotatable bonds is 4. The summed E-state index contributed by atoms with van der Waals surface area (Å²) in [6.07, 6.45) is -0.884. The van der Waals surface area contributed by atoms with Gasteiger partial charge in [-0.1, -0.05) is 31.3 Å². The molecule has 1 atom stereocenters. The van der Waals surface area contributed by atoms with Gasteiger partial charge in [0.15, 0.2) is 0 Å². The number of methoxy groups -OCH3 is 2. The Kier molecular flexibility index (Phi) is 4.49. The monoisotopic (exact) mass is 308 g/mol. The molecule has 5 nitrogen and oxygen atoms in total. The van der Waals surface area contributed by atoms with Crippen LogP contribution >= 0.6 is 11.5 Å². The third-order valence-electron chi connectivity index (χ3n) is 3.21. The Morgan fingerprint density at radius 2 is 1.71 bits per heavy atom. The molecule has 0 aliphatic rings. The average molecular weight is 308 g/mol. The average Bonchev–Trinajstić information content (AvgIpc) is 2.95. The number of aliphatic hydroxyl groups excluding tert-OH is 1. The highest BCUT2D eigenvalue weighted by Crippen LogP contribution is 2.41. The first kappa shape index (κ1) is 15.7. The Bertz CT molecular complexity index is 597. The van der Waals surface area contributed by atoms with E-state index >= 15 is 0 Å². The number of ether oxygens (including phenoxy) is 2. The van der Waals surface area contributed by atoms with Crippen molar-refractivity contribution in [3.63, 3.8) is 0 Å². The highest BCUT2D eigenvalue weighted by molar-refractivity contribution is 7.05. The van der Waals surface area contributed by atoms with E-state index in [-0.39, 0.29) is 5.41 Å². The largest absolute Gasteiger partial charge is 0.496 e. The van der Waals surface area contributed by atoms with Crippen LogP contribution in [-0.2, 0) is 5.41 Å². The minimum Gasteiger partial charge on any atom is -0.496 e. The molecule has 2 rings (SSSR count). The number of nitrogens with zero attached hydrogens (tertiary/aromatic N) is 2. The summed E-state index contributed by atoms with van der Waals surface area (Å²) in [5.74, 6) is 1.16. The van der Waals surface area contributed by atoms with E-state index in [2.05, 4.69) is 9.59 Å². The Morgan fingerprint density at radius 3 is 2.19 bits per heavy atom. The normalized spacial score (nSPS) is 13.0. The summed E-state index contributed by atoms with van der Waals surface area (Å²) < 4.78 is 14.7. The van der Waals surface area contributed by atoms with E-state index in [0.29, 0.717) is 21.9 Å². The Hall–Kier alpha value is -1.66. The zero-order chi connectivity index (χ0) is 15.6. The number of hydrogen-bond donors (Lipinski definition) is 1. The molecule has 0 aliphatic heterocycles. The van der Waals surface area contributed by atoms with Crippen molar-refractivity contribution < 1.29 is 14.6 Å². The molecule has 0 amide bonds. The summed E-state index contributed by atoms with van der Waals surface area (Å²) in [5.41, 5.74) is 1.19. The van der Waals surface area contributed by atoms with Gasteiger partial charge in [0.1, 0.15) is 17.6 Å². The van der Waals surface area contributed by atoms with E-state index in [1.54, 1.807) is 26.4 Å². The lowest BCUT2D eigenvalue weighted by atomic mass is 9.89. The maximum absolute atomic E-state index is 10.8. The molecular formula is C15H20N2O3S. The van der Waals surface area contributed by atoms with E-state index in [4.69, 9.17) is 9.47 Å². The second-order valence-electron chi connectivity index (χ2n) is 5.71. The maximum Gasteiger partial charge on any atom is 0.128 e. The lowest BCUT2D eigenvalue weighted by Gasteiger charge is -2.21. The van der Waals surface area contributed by atoms with Crippen LogP contribution in [0.2, 0.25) is 0 Å². The van der Waals surface area contributed by atoms with Crippen LogP contribution < -0.4 is 9.47 Å². The molecule has 0 aliphatic carbocycles. The van der Waals surface area contributed by atoms with Crippen molar-refractivity contribution in [2.24, 2.45) is 0 Å². The quantitative estimate of drug-likeness (QED) is 0.941. The van der Waals surface area contributed by atoms with Crippen LogP contribution in [0.3, 0.4) is 0 Å². The fourth-order valence-electron chi connectivity index (χ4n) is 2.18. The Balaban J connectivity index is 2.55. The first-order chi connectivity index (χ1) is 9.90. The van der Waals surface area contributed by atoms with Crippen LogP contribution in [-0.4, -0.2) is 28.9 Å². The van der Waals surface area contributed by atoms with Gasteiger partial charge in [-0.25, -0.2) is 0 Å². The van der Waals surface area contributed by atoms with Crippen molar-refractivity contribution in [1.82, 2.24) is 9.59 Å². The van der Waals surface area contributed by atoms with Crippen LogP contribution in [0.1, 0.15) is 43.0 Å². The van der Waals surface area contributed by atoms with Gasteiger partial charge in [-0.05, 0) is 23.7 Å². The predicted molar refractivity (Wildman–Crippen MR) is 82.2 cm³/mol. The standard InChI is InChI=1S/C15H20N2O3S/c1-15(2,3)14-13(21-17-16-14)12(18)11-9(19-4)7-6-8-10(11)20-5/h6-8,12,18H,1-5H3. The van der Waals surface area contributed by atoms with Gasteiger partial charge < -0.3 is 14.6 Å². The zero-order valence-corrected chi connectivity index (χ0v) is 13.7. The predicted octanol–water partition coefficient (Wildman–Crippen LogP) is 2.93. The first-order valence-electron chi connectivity index (χ1n) is 6.61. The van der Waals surface area contributed by atoms with Gasteiger partial charge in [0, 0.05) is 5.41 Å². The van der Waals surface area contributed by atoms with E-state index in [1.165, 1.54) is 11.5 Å². The zero-order valence-electron chi connectivity index (χ0n) is 12.9. The van der Waals surface area contributed by atoms with Gasteiger partial charge in [-0.3, -0.25) is 0 Å². The molecule has 0 spiro atoms. The summed E-state index contributed by atoms with van der Waals surface area (Å²) in [5, 5.41) is 15.0. The third kappa shape index (κ3) is 3.01. The van der Waals surface area contributed by atoms with E-state index in [9.17, 15) is 5.11 Å². The first-order valence-corrected chi connectivity index (χ1v) is 7.39. The van der Waals surface area contributed by atoms with Gasteiger partial charge in [0.2, 0.25) is 0 Å². The molecule has 114 valence electrons. The summed E-state index contributed by atoms with van der Waals surface area (Å²) >= 11 is 1.20. The van der Waals surface area contributed by atoms with Gasteiger partial charge in [-0.15, -0.1) is 5.10 Å². The summed E-state index contributed by atoms with van der Waals surface area (Å²) in [6.45, 7) is 6.12. The smallest absolute Gasteiger partial charge is 0.128 e. The van der Waals surface area contributed by atoms with Crippen LogP contribution in [0.5, 0.6) is 11.5 Å². The Labute approximate surface area is 128 Å². The van der Waals surface area contributed by atoms with Crippen molar-refractivity contribution in [2.75, 3.05) is 14.2 Å². The summed E-state index contributed by atoms with van der Waals surface area (Å²) in [6, 6.07) is 5.42. The molecule has 0 fully saturated rings. The van der Waals surface area contributed by atoms with Crippen LogP contribution in [0.15, 0.2) is 18.2 Å². The van der Waals surface area contributed by atoms with Gasteiger partial charge in [-0.2, -0.15) is 0 Å². The lowest BCUT2D eigenvalue weighted by molar-refractivity contribution is 0.209. The van der Waals surface area contributed by atoms with Crippen molar-refractivity contribution in [3.8, 4) is 11.5 Å². The molecule has 21 heavy (non-hydrogen) atoms. The van der Waals surface area contributed by atoms with E-state index in [1.807, 2.05) is 26.8 Å². The van der Waals surface area contributed by atoms with Gasteiger partial charge in [0.25, 0.3) is 0 Å². The van der Waals surface area contributed by atoms with Gasteiger partial charge in [0.05, 0.1) is 30.4 Å². The van der Waals surface area contributed by atoms with Crippen LogP contribution in [0, 0.1) is 0 Å². The molecule has 1 N–H and O–H groups in total. The minimum atomic E-state index is -0.884. The molecular weight excluding hydrogens is 288 g/mol. The topological polar surface area (TPSA) is 64.5 Å². The molecule has 1 heterocycles. The number of benzene rings is 1. The molecule has 1 aromatic carbocycles. The fraction of sp³-hybridized carbons (Fsp3) is 0.467. The van der Waals surface area contributed by atoms with E-state index in [0.717, 1.165) is 5.69 Å². The van der Waals surface area contributed by atoms with Crippen LogP contribution in [0.4, 0.5) is 0 Å². The Morgan fingerprint density at radius 1 is 1.14 bits per heavy atom. The molecule has 2 aromatic rings. The molecule has 1 unspecified atom stereocenters. The molecule has 0 saturated carbocycles. The molecule has 1 aromatic heterocycles. The van der Waals surface area contributed by atoms with E-state index < -0.39 is 6.10 Å². The third-order valence-corrected chi connectivity index (χ3v) is 3.99. The highest BCUT2D eigenvalue weighted by Gasteiger charge is 2.30. The van der Waals surface area contributed by atoms with Crippen LogP contribution in [0.25, 0.3) is 0 Å². The number of aliphatic hydroxyl groups is 1. The molecule has 6 heteroatoms. The SMILES string of the molecule is COc1cccc(OC)c1C(O)c1snnc1C(C)(C)C. The fourth-order valence-corrected chi connectivity index (χ4v) is 3.04. The second-order valence-corrected chi connectivity index (χ2v) is 6.50. The highest BCUT2D eigenvalue weighted by atomic mass is 32.1. The number of hydrogen-bond acceptors (Lipinski definition) is 6. The second kappa shape index (κ2) is 5.99. The van der Waals surface area contributed by atoms with Crippen molar-refractivity contribution >= 4 is 11.5 Å². The number of aromatic nitrogens is 2. The maximum atomic E-state index is 10.8. The van der Waals surface area contributed by atoms with Crippen molar-refractivity contribution in [3.05, 3.63) is 34.3 Å². The summed E-state index contributed by atoms with van der Waals surface area (Å²) in [4.78, 5) is 0.713. The molecule has 0 radical (unpaired) electrons.